The monoisotopic (exact) mass is 415 g/mol. The quantitative estimate of drug-likeness (QED) is 0.213. The fraction of sp³-hybridized carbons (Fsp3) is 0.458. The lowest BCUT2D eigenvalue weighted by Crippen LogP contribution is -2.15. The van der Waals surface area contributed by atoms with E-state index >= 15 is 0 Å². The van der Waals surface area contributed by atoms with Crippen molar-refractivity contribution in [1.29, 1.82) is 0 Å². The van der Waals surface area contributed by atoms with E-state index in [0.717, 1.165) is 43.8 Å². The third-order valence-corrected chi connectivity index (χ3v) is 6.73. The van der Waals surface area contributed by atoms with Crippen LogP contribution in [0.2, 0.25) is 0 Å². The van der Waals surface area contributed by atoms with Gasteiger partial charge in [-0.1, -0.05) is 54.3 Å². The Bertz CT molecular complexity index is 789. The van der Waals surface area contributed by atoms with Crippen LogP contribution in [0.4, 0.5) is 0 Å². The molecule has 29 heavy (non-hydrogen) atoms. The summed E-state index contributed by atoms with van der Waals surface area (Å²) in [5, 5.41) is 0. The average molecular weight is 415 g/mol. The summed E-state index contributed by atoms with van der Waals surface area (Å²) in [5.74, 6) is 1.17. The second-order valence-corrected chi connectivity index (χ2v) is 8.94. The van der Waals surface area contributed by atoms with E-state index in [9.17, 15) is 9.36 Å². The highest BCUT2D eigenvalue weighted by molar-refractivity contribution is 7.43. The van der Waals surface area contributed by atoms with Crippen molar-refractivity contribution in [2.75, 3.05) is 20.4 Å². The first kappa shape index (κ1) is 23.1. The Morgan fingerprint density at radius 3 is 2.38 bits per heavy atom. The Morgan fingerprint density at radius 2 is 1.72 bits per heavy atom. The SMILES string of the molecule is CCC(CCCCC[P+](=O)Cc1ccccc1)C(=O)c1cccc(OC)c1OC. The molecule has 2 rings (SSSR count). The third kappa shape index (κ3) is 6.97. The molecule has 2 aromatic carbocycles. The molecular weight excluding hydrogens is 383 g/mol. The number of methoxy groups -OCH3 is 2. The lowest BCUT2D eigenvalue weighted by atomic mass is 9.90. The number of ether oxygens (including phenoxy) is 2. The zero-order valence-electron chi connectivity index (χ0n) is 17.7. The van der Waals surface area contributed by atoms with Gasteiger partial charge in [0.2, 0.25) is 0 Å². The van der Waals surface area contributed by atoms with Crippen LogP contribution < -0.4 is 9.47 Å². The van der Waals surface area contributed by atoms with E-state index in [1.54, 1.807) is 26.4 Å². The van der Waals surface area contributed by atoms with Gasteiger partial charge in [0.25, 0.3) is 0 Å². The van der Waals surface area contributed by atoms with E-state index < -0.39 is 7.80 Å². The van der Waals surface area contributed by atoms with E-state index in [1.807, 2.05) is 43.3 Å². The molecule has 4 nitrogen and oxygen atoms in total. The fourth-order valence-corrected chi connectivity index (χ4v) is 4.90. The molecule has 0 radical (unpaired) electrons. The number of hydrogen-bond acceptors (Lipinski definition) is 4. The van der Waals surface area contributed by atoms with Crippen molar-refractivity contribution in [2.24, 2.45) is 5.92 Å². The molecule has 0 spiro atoms. The van der Waals surface area contributed by atoms with Crippen molar-refractivity contribution in [1.82, 2.24) is 0 Å². The normalized spacial score (nSPS) is 12.3. The zero-order valence-corrected chi connectivity index (χ0v) is 18.6. The maximum atomic E-state index is 13.0. The second-order valence-electron chi connectivity index (χ2n) is 7.21. The van der Waals surface area contributed by atoms with Crippen LogP contribution >= 0.6 is 7.80 Å². The second kappa shape index (κ2) is 12.4. The van der Waals surface area contributed by atoms with Gasteiger partial charge in [0, 0.05) is 5.92 Å². The lowest BCUT2D eigenvalue weighted by Gasteiger charge is -2.17. The number of benzene rings is 2. The molecule has 2 aromatic rings. The minimum absolute atomic E-state index is 0.0333. The van der Waals surface area contributed by atoms with Crippen molar-refractivity contribution in [3.8, 4) is 11.5 Å². The van der Waals surface area contributed by atoms with Gasteiger partial charge in [-0.05, 0) is 43.4 Å². The van der Waals surface area contributed by atoms with E-state index in [4.69, 9.17) is 9.47 Å². The molecule has 0 aliphatic rings. The number of para-hydroxylation sites is 1. The summed E-state index contributed by atoms with van der Waals surface area (Å²) in [7, 11) is 1.94. The highest BCUT2D eigenvalue weighted by Crippen LogP contribution is 2.34. The number of Topliss-reactive ketones (excluding diaryl/α,β-unsaturated/α-hetero) is 1. The first-order valence-corrected chi connectivity index (χ1v) is 11.9. The van der Waals surface area contributed by atoms with Gasteiger partial charge in [0.15, 0.2) is 23.4 Å². The molecule has 5 heteroatoms. The molecule has 0 aliphatic heterocycles. The molecule has 0 bridgehead atoms. The number of carbonyl (C=O) groups is 1. The summed E-state index contributed by atoms with van der Waals surface area (Å²) in [6.07, 6.45) is 5.93. The van der Waals surface area contributed by atoms with Crippen molar-refractivity contribution in [3.63, 3.8) is 0 Å². The molecule has 0 N–H and O–H groups in total. The van der Waals surface area contributed by atoms with Crippen LogP contribution in [-0.4, -0.2) is 26.2 Å². The first-order valence-electron chi connectivity index (χ1n) is 10.3. The number of hydrogen-bond donors (Lipinski definition) is 0. The summed E-state index contributed by atoms with van der Waals surface area (Å²) >= 11 is 0. The molecule has 0 saturated carbocycles. The highest BCUT2D eigenvalue weighted by atomic mass is 31.1. The molecule has 2 atom stereocenters. The fourth-order valence-electron chi connectivity index (χ4n) is 3.54. The van der Waals surface area contributed by atoms with Crippen molar-refractivity contribution in [2.45, 2.75) is 45.2 Å². The molecule has 0 heterocycles. The molecule has 0 amide bonds. The van der Waals surface area contributed by atoms with Crippen molar-refractivity contribution < 1.29 is 18.8 Å². The first-order chi connectivity index (χ1) is 14.1. The number of carbonyl (C=O) groups excluding carboxylic acids is 1. The Balaban J connectivity index is 1.80. The Morgan fingerprint density at radius 1 is 0.966 bits per heavy atom. The van der Waals surface area contributed by atoms with Crippen LogP contribution in [0.1, 0.15) is 54.9 Å². The number of unbranched alkanes of at least 4 members (excludes halogenated alkanes) is 2. The van der Waals surface area contributed by atoms with Gasteiger partial charge in [-0.15, -0.1) is 0 Å². The van der Waals surface area contributed by atoms with Crippen LogP contribution in [0, 0.1) is 5.92 Å². The topological polar surface area (TPSA) is 52.6 Å². The Hall–Kier alpha value is -2.19. The largest absolute Gasteiger partial charge is 0.493 e. The smallest absolute Gasteiger partial charge is 0.343 e. The number of ketones is 1. The van der Waals surface area contributed by atoms with Gasteiger partial charge in [0.05, 0.1) is 19.8 Å². The van der Waals surface area contributed by atoms with E-state index in [0.29, 0.717) is 23.2 Å². The Kier molecular flexibility index (Phi) is 9.87. The van der Waals surface area contributed by atoms with Crippen LogP contribution in [0.5, 0.6) is 11.5 Å². The predicted molar refractivity (Wildman–Crippen MR) is 119 cm³/mol. The van der Waals surface area contributed by atoms with Crippen molar-refractivity contribution in [3.05, 3.63) is 59.7 Å². The maximum Gasteiger partial charge on any atom is 0.343 e. The minimum Gasteiger partial charge on any atom is -0.493 e. The maximum absolute atomic E-state index is 13.0. The molecule has 156 valence electrons. The van der Waals surface area contributed by atoms with Crippen LogP contribution in [0.25, 0.3) is 0 Å². The summed E-state index contributed by atoms with van der Waals surface area (Å²) in [6.45, 7) is 2.05. The lowest BCUT2D eigenvalue weighted by molar-refractivity contribution is 0.0904. The van der Waals surface area contributed by atoms with Gasteiger partial charge >= 0.3 is 7.80 Å². The molecule has 0 aromatic heterocycles. The van der Waals surface area contributed by atoms with Gasteiger partial charge < -0.3 is 9.47 Å². The van der Waals surface area contributed by atoms with Crippen molar-refractivity contribution >= 4 is 13.6 Å². The van der Waals surface area contributed by atoms with E-state index in [2.05, 4.69) is 0 Å². The van der Waals surface area contributed by atoms with Crippen LogP contribution in [0.15, 0.2) is 48.5 Å². The Labute approximate surface area is 175 Å². The van der Waals surface area contributed by atoms with Gasteiger partial charge in [-0.3, -0.25) is 4.79 Å². The summed E-state index contributed by atoms with van der Waals surface area (Å²) < 4.78 is 23.0. The molecular formula is C24H32O4P+. The predicted octanol–water partition coefficient (Wildman–Crippen LogP) is 6.50. The van der Waals surface area contributed by atoms with Crippen LogP contribution in [-0.2, 0) is 10.7 Å². The molecule has 2 unspecified atom stereocenters. The zero-order chi connectivity index (χ0) is 21.1. The van der Waals surface area contributed by atoms with Gasteiger partial charge in [-0.2, -0.15) is 0 Å². The van der Waals surface area contributed by atoms with Gasteiger partial charge in [0.1, 0.15) is 6.16 Å². The number of rotatable bonds is 13. The molecule has 0 aliphatic carbocycles. The molecule has 0 saturated heterocycles. The average Bonchev–Trinajstić information content (AvgIpc) is 2.75. The summed E-state index contributed by atoms with van der Waals surface area (Å²) in [5.41, 5.74) is 1.72. The minimum atomic E-state index is -1.20. The molecule has 0 fully saturated rings. The third-order valence-electron chi connectivity index (χ3n) is 5.19. The van der Waals surface area contributed by atoms with E-state index in [1.165, 1.54) is 0 Å². The summed E-state index contributed by atoms with van der Waals surface area (Å²) in [6, 6.07) is 15.4. The summed E-state index contributed by atoms with van der Waals surface area (Å²) in [4.78, 5) is 13.0. The van der Waals surface area contributed by atoms with Crippen LogP contribution in [0.3, 0.4) is 0 Å². The van der Waals surface area contributed by atoms with E-state index in [-0.39, 0.29) is 11.7 Å². The van der Waals surface area contributed by atoms with Gasteiger partial charge in [-0.25, -0.2) is 0 Å². The standard InChI is InChI=1S/C24H32O4P/c1-4-20(23(25)21-15-11-16-22(27-2)24(21)28-3)14-9-6-10-17-29(26)18-19-12-7-5-8-13-19/h5,7-8,11-13,15-16,20H,4,6,9-10,14,17-18H2,1-3H3/q+1. The highest BCUT2D eigenvalue weighted by Gasteiger charge is 2.23.